The molecule has 0 saturated heterocycles. The summed E-state index contributed by atoms with van der Waals surface area (Å²) in [7, 11) is 0. The van der Waals surface area contributed by atoms with Crippen LogP contribution in [0, 0.1) is 0 Å². The van der Waals surface area contributed by atoms with E-state index in [1.807, 2.05) is 26.0 Å². The number of halogens is 1. The number of hydrogen-bond donors (Lipinski definition) is 1. The summed E-state index contributed by atoms with van der Waals surface area (Å²) in [6, 6.07) is 15.0. The number of amides is 1. The van der Waals surface area contributed by atoms with Gasteiger partial charge in [-0.25, -0.2) is 0 Å². The highest BCUT2D eigenvalue weighted by Gasteiger charge is 2.05. The number of carbonyl (C=O) groups excluding carboxylic acids is 1. The molecule has 3 nitrogen and oxygen atoms in total. The molecule has 0 aromatic heterocycles. The van der Waals surface area contributed by atoms with Gasteiger partial charge in [-0.3, -0.25) is 4.79 Å². The largest absolute Gasteiger partial charge is 0.491 e. The smallest absolute Gasteiger partial charge is 0.251 e. The van der Waals surface area contributed by atoms with Crippen LogP contribution in [0.15, 0.2) is 48.5 Å². The Kier molecular flexibility index (Phi) is 6.48. The second kappa shape index (κ2) is 8.59. The summed E-state index contributed by atoms with van der Waals surface area (Å²) in [6.45, 7) is 4.65. The third-order valence-electron chi connectivity index (χ3n) is 3.28. The lowest BCUT2D eigenvalue weighted by molar-refractivity contribution is 0.0953. The maximum absolute atomic E-state index is 12.0. The van der Waals surface area contributed by atoms with Gasteiger partial charge in [0.2, 0.25) is 0 Å². The summed E-state index contributed by atoms with van der Waals surface area (Å²) >= 11 is 5.89. The number of rotatable bonds is 7. The molecule has 1 N–H and O–H groups in total. The molecular formula is C19H22ClNO2. The van der Waals surface area contributed by atoms with Crippen LogP contribution in [0.3, 0.4) is 0 Å². The zero-order valence-electron chi connectivity index (χ0n) is 13.5. The molecule has 0 aliphatic heterocycles. The van der Waals surface area contributed by atoms with Crippen LogP contribution in [0.5, 0.6) is 5.75 Å². The maximum Gasteiger partial charge on any atom is 0.251 e. The monoisotopic (exact) mass is 331 g/mol. The Hall–Kier alpha value is -2.00. The van der Waals surface area contributed by atoms with Crippen molar-refractivity contribution >= 4 is 17.5 Å². The van der Waals surface area contributed by atoms with Gasteiger partial charge < -0.3 is 10.1 Å². The lowest BCUT2D eigenvalue weighted by atomic mass is 10.1. The molecule has 0 bridgehead atoms. The first-order chi connectivity index (χ1) is 11.0. The molecule has 2 aromatic rings. The second-order valence-corrected chi connectivity index (χ2v) is 6.12. The topological polar surface area (TPSA) is 38.3 Å². The van der Waals surface area contributed by atoms with Crippen LogP contribution < -0.4 is 10.1 Å². The molecule has 4 heteroatoms. The first-order valence-corrected chi connectivity index (χ1v) is 8.22. The fraction of sp³-hybridized carbons (Fsp3) is 0.316. The van der Waals surface area contributed by atoms with E-state index in [9.17, 15) is 4.79 Å². The van der Waals surface area contributed by atoms with Crippen molar-refractivity contribution < 1.29 is 9.53 Å². The average Bonchev–Trinajstić information content (AvgIpc) is 2.51. The van der Waals surface area contributed by atoms with Gasteiger partial charge in [0.1, 0.15) is 5.75 Å². The number of benzene rings is 2. The molecule has 1 amide bonds. The maximum atomic E-state index is 12.0. The van der Waals surface area contributed by atoms with Crippen LogP contribution in [0.1, 0.15) is 36.2 Å². The highest BCUT2D eigenvalue weighted by molar-refractivity contribution is 6.30. The number of carbonyl (C=O) groups is 1. The molecule has 0 spiro atoms. The molecule has 122 valence electrons. The molecule has 23 heavy (non-hydrogen) atoms. The molecule has 0 unspecified atom stereocenters. The normalized spacial score (nSPS) is 10.6. The second-order valence-electron chi connectivity index (χ2n) is 5.68. The Balaban J connectivity index is 1.78. The van der Waals surface area contributed by atoms with Crippen LogP contribution >= 0.6 is 11.6 Å². The lowest BCUT2D eigenvalue weighted by Gasteiger charge is -2.11. The van der Waals surface area contributed by atoms with Gasteiger partial charge in [-0.15, -0.1) is 0 Å². The first kappa shape index (κ1) is 17.4. The summed E-state index contributed by atoms with van der Waals surface area (Å²) in [5, 5.41) is 3.48. The zero-order chi connectivity index (χ0) is 16.7. The molecule has 0 aliphatic rings. The van der Waals surface area contributed by atoms with Crippen LogP contribution in [-0.2, 0) is 6.42 Å². The molecule has 2 rings (SSSR count). The van der Waals surface area contributed by atoms with E-state index in [1.54, 1.807) is 24.3 Å². The number of nitrogens with one attached hydrogen (secondary N) is 1. The van der Waals surface area contributed by atoms with Crippen molar-refractivity contribution in [3.8, 4) is 5.75 Å². The highest BCUT2D eigenvalue weighted by atomic mass is 35.5. The summed E-state index contributed by atoms with van der Waals surface area (Å²) in [5.74, 6) is 0.796. The van der Waals surface area contributed by atoms with E-state index in [2.05, 4.69) is 17.4 Å². The Morgan fingerprint density at radius 1 is 1.17 bits per heavy atom. The van der Waals surface area contributed by atoms with Gasteiger partial charge in [-0.1, -0.05) is 29.8 Å². The van der Waals surface area contributed by atoms with Crippen LogP contribution in [0.25, 0.3) is 0 Å². The standard InChI is InChI=1S/C19H22ClNO2/c1-14(2)23-18-10-3-6-15(12-18)7-5-11-21-19(22)16-8-4-9-17(20)13-16/h3-4,6,8-10,12-14H,5,7,11H2,1-2H3,(H,21,22). The summed E-state index contributed by atoms with van der Waals surface area (Å²) in [6.07, 6.45) is 1.94. The quantitative estimate of drug-likeness (QED) is 0.759. The first-order valence-electron chi connectivity index (χ1n) is 7.84. The fourth-order valence-corrected chi connectivity index (χ4v) is 2.46. The van der Waals surface area contributed by atoms with Gasteiger partial charge in [0.25, 0.3) is 5.91 Å². The predicted octanol–water partition coefficient (Wildman–Crippen LogP) is 4.49. The van der Waals surface area contributed by atoms with E-state index in [1.165, 1.54) is 5.56 Å². The number of aryl methyl sites for hydroxylation is 1. The zero-order valence-corrected chi connectivity index (χ0v) is 14.3. The van der Waals surface area contributed by atoms with Crippen LogP contribution in [0.2, 0.25) is 5.02 Å². The molecule has 0 aliphatic carbocycles. The highest BCUT2D eigenvalue weighted by Crippen LogP contribution is 2.16. The van der Waals surface area contributed by atoms with Crippen LogP contribution in [0.4, 0.5) is 0 Å². The van der Waals surface area contributed by atoms with Crippen molar-refractivity contribution in [3.63, 3.8) is 0 Å². The molecule has 0 saturated carbocycles. The van der Waals surface area contributed by atoms with Gasteiger partial charge in [-0.05, 0) is 62.6 Å². The molecule has 0 atom stereocenters. The predicted molar refractivity (Wildman–Crippen MR) is 94.3 cm³/mol. The van der Waals surface area contributed by atoms with Crippen molar-refractivity contribution in [3.05, 3.63) is 64.7 Å². The van der Waals surface area contributed by atoms with E-state index in [0.29, 0.717) is 17.1 Å². The Morgan fingerprint density at radius 3 is 2.70 bits per heavy atom. The summed E-state index contributed by atoms with van der Waals surface area (Å²) in [4.78, 5) is 12.0. The minimum atomic E-state index is -0.0932. The van der Waals surface area contributed by atoms with E-state index >= 15 is 0 Å². The van der Waals surface area contributed by atoms with Crippen molar-refractivity contribution in [2.24, 2.45) is 0 Å². The third-order valence-corrected chi connectivity index (χ3v) is 3.52. The lowest BCUT2D eigenvalue weighted by Crippen LogP contribution is -2.24. The summed E-state index contributed by atoms with van der Waals surface area (Å²) < 4.78 is 5.69. The van der Waals surface area contributed by atoms with Gasteiger partial charge in [0.05, 0.1) is 6.10 Å². The van der Waals surface area contributed by atoms with Gasteiger partial charge in [0, 0.05) is 17.1 Å². The molecule has 0 fully saturated rings. The van der Waals surface area contributed by atoms with E-state index in [0.717, 1.165) is 18.6 Å². The van der Waals surface area contributed by atoms with Crippen molar-refractivity contribution in [1.82, 2.24) is 5.32 Å². The molecule has 2 aromatic carbocycles. The third kappa shape index (κ3) is 5.95. The Bertz CT molecular complexity index is 655. The Labute approximate surface area is 142 Å². The van der Waals surface area contributed by atoms with Crippen molar-refractivity contribution in [1.29, 1.82) is 0 Å². The van der Waals surface area contributed by atoms with Crippen molar-refractivity contribution in [2.75, 3.05) is 6.54 Å². The van der Waals surface area contributed by atoms with Gasteiger partial charge >= 0.3 is 0 Å². The average molecular weight is 332 g/mol. The van der Waals surface area contributed by atoms with Gasteiger partial charge in [0.15, 0.2) is 0 Å². The molecule has 0 heterocycles. The molecule has 0 radical (unpaired) electrons. The Morgan fingerprint density at radius 2 is 1.96 bits per heavy atom. The number of ether oxygens (including phenoxy) is 1. The van der Waals surface area contributed by atoms with Crippen molar-refractivity contribution in [2.45, 2.75) is 32.8 Å². The molecular weight excluding hydrogens is 310 g/mol. The fourth-order valence-electron chi connectivity index (χ4n) is 2.27. The minimum Gasteiger partial charge on any atom is -0.491 e. The van der Waals surface area contributed by atoms with E-state index in [-0.39, 0.29) is 12.0 Å². The van der Waals surface area contributed by atoms with Crippen LogP contribution in [-0.4, -0.2) is 18.6 Å². The summed E-state index contributed by atoms with van der Waals surface area (Å²) in [5.41, 5.74) is 1.80. The van der Waals surface area contributed by atoms with E-state index in [4.69, 9.17) is 16.3 Å². The van der Waals surface area contributed by atoms with Gasteiger partial charge in [-0.2, -0.15) is 0 Å². The van der Waals surface area contributed by atoms with E-state index < -0.39 is 0 Å². The number of hydrogen-bond acceptors (Lipinski definition) is 2. The SMILES string of the molecule is CC(C)Oc1cccc(CCCNC(=O)c2cccc(Cl)c2)c1. The minimum absolute atomic E-state index is 0.0932.